The number of aryl methyl sites for hydroxylation is 1. The van der Waals surface area contributed by atoms with E-state index < -0.39 is 0 Å². The molecule has 0 saturated carbocycles. The minimum Gasteiger partial charge on any atom is -0.409 e. The van der Waals surface area contributed by atoms with Crippen molar-refractivity contribution >= 4 is 5.84 Å². The normalized spacial score (nSPS) is 12.4. The Kier molecular flexibility index (Phi) is 7.19. The third-order valence-electron chi connectivity index (χ3n) is 3.67. The van der Waals surface area contributed by atoms with E-state index in [4.69, 9.17) is 10.9 Å². The maximum Gasteiger partial charge on any atom is 0.170 e. The lowest BCUT2D eigenvalue weighted by molar-refractivity contribution is 0.259. The van der Waals surface area contributed by atoms with Gasteiger partial charge < -0.3 is 15.8 Å². The van der Waals surface area contributed by atoms with Crippen molar-refractivity contribution < 1.29 is 5.21 Å². The van der Waals surface area contributed by atoms with E-state index in [1.165, 1.54) is 17.5 Å². The van der Waals surface area contributed by atoms with Gasteiger partial charge >= 0.3 is 0 Å². The van der Waals surface area contributed by atoms with Crippen molar-refractivity contribution in [2.24, 2.45) is 10.9 Å². The highest BCUT2D eigenvalue weighted by molar-refractivity contribution is 5.97. The van der Waals surface area contributed by atoms with Gasteiger partial charge in [0.05, 0.1) is 0 Å². The first-order valence-corrected chi connectivity index (χ1v) is 7.42. The maximum atomic E-state index is 8.72. The number of nitrogens with two attached hydrogens (primary N) is 1. The Morgan fingerprint density at radius 2 is 2.00 bits per heavy atom. The average molecular weight is 292 g/mol. The molecule has 0 aromatic heterocycles. The van der Waals surface area contributed by atoms with E-state index in [2.05, 4.69) is 49.0 Å². The fraction of sp³-hybridized carbons (Fsp3) is 0.562. The van der Waals surface area contributed by atoms with Gasteiger partial charge in [0.1, 0.15) is 0 Å². The molecule has 0 saturated heterocycles. The van der Waals surface area contributed by atoms with Crippen LogP contribution in [0.4, 0.5) is 0 Å². The predicted octanol–water partition coefficient (Wildman–Crippen LogP) is 1.86. The Balaban J connectivity index is 2.68. The van der Waals surface area contributed by atoms with E-state index in [1.54, 1.807) is 0 Å². The summed E-state index contributed by atoms with van der Waals surface area (Å²) in [4.78, 5) is 4.65. The van der Waals surface area contributed by atoms with Gasteiger partial charge in [0.2, 0.25) is 0 Å². The Bertz CT molecular complexity index is 471. The van der Waals surface area contributed by atoms with Crippen molar-refractivity contribution in [2.45, 2.75) is 26.8 Å². The van der Waals surface area contributed by atoms with Crippen LogP contribution in [-0.4, -0.2) is 54.6 Å². The number of nitrogens with zero attached hydrogens (tertiary/aromatic N) is 3. The lowest BCUT2D eigenvalue weighted by atomic mass is 10.0. The fourth-order valence-electron chi connectivity index (χ4n) is 2.29. The van der Waals surface area contributed by atoms with Crippen molar-refractivity contribution in [1.82, 2.24) is 9.80 Å². The van der Waals surface area contributed by atoms with Crippen LogP contribution in [0, 0.1) is 6.92 Å². The average Bonchev–Trinajstić information content (AvgIpc) is 2.46. The summed E-state index contributed by atoms with van der Waals surface area (Å²) in [6.07, 6.45) is 1.17. The molecule has 1 rings (SSSR count). The van der Waals surface area contributed by atoms with Crippen LogP contribution < -0.4 is 5.73 Å². The highest BCUT2D eigenvalue weighted by Crippen LogP contribution is 2.14. The maximum absolute atomic E-state index is 8.72. The van der Waals surface area contributed by atoms with Gasteiger partial charge in [-0.2, -0.15) is 0 Å². The summed E-state index contributed by atoms with van der Waals surface area (Å²) in [6.45, 7) is 8.43. The van der Waals surface area contributed by atoms with E-state index in [0.717, 1.165) is 31.7 Å². The van der Waals surface area contributed by atoms with Crippen molar-refractivity contribution in [1.29, 1.82) is 0 Å². The van der Waals surface area contributed by atoms with Gasteiger partial charge in [-0.3, -0.25) is 4.90 Å². The molecular weight excluding hydrogens is 264 g/mol. The summed E-state index contributed by atoms with van der Waals surface area (Å²) in [5.74, 6) is 0.156. The topological polar surface area (TPSA) is 65.1 Å². The van der Waals surface area contributed by atoms with E-state index in [-0.39, 0.29) is 5.84 Å². The molecule has 1 aromatic rings. The summed E-state index contributed by atoms with van der Waals surface area (Å²) in [6, 6.07) is 5.94. The minimum absolute atomic E-state index is 0.156. The van der Waals surface area contributed by atoms with E-state index >= 15 is 0 Å². The Morgan fingerprint density at radius 1 is 1.29 bits per heavy atom. The minimum atomic E-state index is 0.156. The van der Waals surface area contributed by atoms with Crippen molar-refractivity contribution in [3.8, 4) is 0 Å². The van der Waals surface area contributed by atoms with E-state index in [9.17, 15) is 0 Å². The second-order valence-corrected chi connectivity index (χ2v) is 5.65. The highest BCUT2D eigenvalue weighted by atomic mass is 16.4. The molecule has 0 spiro atoms. The fourth-order valence-corrected chi connectivity index (χ4v) is 2.29. The third kappa shape index (κ3) is 5.73. The SMILES string of the molecule is CCN(CCCN(C)C)Cc1ccc(/C(N)=N/O)cc1C. The first-order valence-electron chi connectivity index (χ1n) is 7.42. The molecule has 3 N–H and O–H groups in total. The van der Waals surface area contributed by atoms with E-state index in [1.807, 2.05) is 12.1 Å². The molecule has 0 aliphatic heterocycles. The molecule has 0 unspecified atom stereocenters. The molecule has 0 heterocycles. The molecule has 0 amide bonds. The van der Waals surface area contributed by atoms with Crippen LogP contribution in [0.1, 0.15) is 30.0 Å². The van der Waals surface area contributed by atoms with Gasteiger partial charge in [0.25, 0.3) is 0 Å². The summed E-state index contributed by atoms with van der Waals surface area (Å²) in [7, 11) is 4.21. The number of benzene rings is 1. The molecule has 5 nitrogen and oxygen atoms in total. The Labute approximate surface area is 128 Å². The number of hydrogen-bond donors (Lipinski definition) is 2. The first kappa shape index (κ1) is 17.5. The molecule has 21 heavy (non-hydrogen) atoms. The predicted molar refractivity (Wildman–Crippen MR) is 87.8 cm³/mol. The van der Waals surface area contributed by atoms with Crippen LogP contribution in [0.2, 0.25) is 0 Å². The second kappa shape index (κ2) is 8.64. The molecule has 0 radical (unpaired) electrons. The molecule has 0 atom stereocenters. The van der Waals surface area contributed by atoms with Gasteiger partial charge in [-0.05, 0) is 64.3 Å². The van der Waals surface area contributed by atoms with Crippen molar-refractivity contribution in [3.63, 3.8) is 0 Å². The van der Waals surface area contributed by atoms with Crippen LogP contribution in [0.15, 0.2) is 23.4 Å². The summed E-state index contributed by atoms with van der Waals surface area (Å²) in [5, 5.41) is 11.8. The zero-order chi connectivity index (χ0) is 15.8. The second-order valence-electron chi connectivity index (χ2n) is 5.65. The zero-order valence-electron chi connectivity index (χ0n) is 13.6. The van der Waals surface area contributed by atoms with Crippen LogP contribution in [0.5, 0.6) is 0 Å². The molecule has 118 valence electrons. The first-order chi connectivity index (χ1) is 9.97. The van der Waals surface area contributed by atoms with Gasteiger partial charge in [0, 0.05) is 12.1 Å². The van der Waals surface area contributed by atoms with Crippen LogP contribution in [0.3, 0.4) is 0 Å². The largest absolute Gasteiger partial charge is 0.409 e. The van der Waals surface area contributed by atoms with Crippen LogP contribution >= 0.6 is 0 Å². The smallest absolute Gasteiger partial charge is 0.170 e. The number of hydrogen-bond acceptors (Lipinski definition) is 4. The Hall–Kier alpha value is -1.59. The molecule has 0 fully saturated rings. The lowest BCUT2D eigenvalue weighted by Crippen LogP contribution is -2.27. The molecule has 0 bridgehead atoms. The number of oxime groups is 1. The lowest BCUT2D eigenvalue weighted by Gasteiger charge is -2.22. The molecule has 0 aliphatic rings. The monoisotopic (exact) mass is 292 g/mol. The molecular formula is C16H28N4O. The number of rotatable bonds is 8. The van der Waals surface area contributed by atoms with Crippen LogP contribution in [0.25, 0.3) is 0 Å². The quantitative estimate of drug-likeness (QED) is 0.332. The van der Waals surface area contributed by atoms with Crippen molar-refractivity contribution in [2.75, 3.05) is 33.7 Å². The van der Waals surface area contributed by atoms with Gasteiger partial charge in [-0.25, -0.2) is 0 Å². The van der Waals surface area contributed by atoms with E-state index in [0.29, 0.717) is 0 Å². The van der Waals surface area contributed by atoms with Gasteiger partial charge in [0.15, 0.2) is 5.84 Å². The number of amidine groups is 1. The molecule has 0 aliphatic carbocycles. The third-order valence-corrected chi connectivity index (χ3v) is 3.67. The summed E-state index contributed by atoms with van der Waals surface area (Å²) in [5.41, 5.74) is 8.84. The standard InChI is InChI=1S/C16H28N4O/c1-5-20(10-6-9-19(3)4)12-15-8-7-14(11-13(15)2)16(17)18-21/h7-8,11,21H,5-6,9-10,12H2,1-4H3,(H2,17,18). The molecule has 1 aromatic carbocycles. The molecule has 5 heteroatoms. The highest BCUT2D eigenvalue weighted by Gasteiger charge is 2.08. The van der Waals surface area contributed by atoms with Crippen molar-refractivity contribution in [3.05, 3.63) is 34.9 Å². The summed E-state index contributed by atoms with van der Waals surface area (Å²) >= 11 is 0. The van der Waals surface area contributed by atoms with Gasteiger partial charge in [-0.1, -0.05) is 24.2 Å². The van der Waals surface area contributed by atoms with Crippen LogP contribution in [-0.2, 0) is 6.54 Å². The Morgan fingerprint density at radius 3 is 2.52 bits per heavy atom. The van der Waals surface area contributed by atoms with Gasteiger partial charge in [-0.15, -0.1) is 0 Å². The summed E-state index contributed by atoms with van der Waals surface area (Å²) < 4.78 is 0. The zero-order valence-corrected chi connectivity index (χ0v) is 13.6.